The lowest BCUT2D eigenvalue weighted by Crippen LogP contribution is -2.44. The van der Waals surface area contributed by atoms with Gasteiger partial charge in [-0.15, -0.1) is 0 Å². The van der Waals surface area contributed by atoms with Crippen LogP contribution in [-0.2, 0) is 5.54 Å². The molecule has 0 amide bonds. The van der Waals surface area contributed by atoms with Crippen molar-refractivity contribution in [2.45, 2.75) is 24.8 Å². The third-order valence-electron chi connectivity index (χ3n) is 2.29. The minimum Gasteiger partial charge on any atom is -0.320 e. The van der Waals surface area contributed by atoms with E-state index in [0.29, 0.717) is 0 Å². The molecular formula is C8H10N3. The van der Waals surface area contributed by atoms with Crippen LogP contribution in [-0.4, -0.2) is 9.97 Å². The minimum atomic E-state index is -0.167. The van der Waals surface area contributed by atoms with Crippen molar-refractivity contribution < 1.29 is 0 Å². The monoisotopic (exact) mass is 148 g/mol. The highest BCUT2D eigenvalue weighted by molar-refractivity contribution is 5.15. The summed E-state index contributed by atoms with van der Waals surface area (Å²) in [5.74, 6) is 0. The van der Waals surface area contributed by atoms with E-state index in [0.717, 1.165) is 18.5 Å². The van der Waals surface area contributed by atoms with E-state index in [1.807, 2.05) is 6.07 Å². The van der Waals surface area contributed by atoms with E-state index in [9.17, 15) is 0 Å². The molecule has 1 fully saturated rings. The highest BCUT2D eigenvalue weighted by Crippen LogP contribution is 2.36. The largest absolute Gasteiger partial charge is 0.320 e. The van der Waals surface area contributed by atoms with E-state index in [1.165, 1.54) is 6.42 Å². The lowest BCUT2D eigenvalue weighted by Gasteiger charge is -2.37. The van der Waals surface area contributed by atoms with Crippen molar-refractivity contribution >= 4 is 0 Å². The van der Waals surface area contributed by atoms with Gasteiger partial charge in [0.05, 0.1) is 11.2 Å². The molecule has 3 heteroatoms. The Morgan fingerprint density at radius 3 is 2.82 bits per heavy atom. The number of aromatic nitrogens is 2. The molecule has 0 spiro atoms. The van der Waals surface area contributed by atoms with Gasteiger partial charge in [0.2, 0.25) is 0 Å². The van der Waals surface area contributed by atoms with Crippen molar-refractivity contribution in [1.29, 1.82) is 0 Å². The number of rotatable bonds is 1. The van der Waals surface area contributed by atoms with Gasteiger partial charge in [-0.25, -0.2) is 9.97 Å². The Morgan fingerprint density at radius 1 is 1.55 bits per heavy atom. The Morgan fingerprint density at radius 2 is 2.36 bits per heavy atom. The first-order valence-electron chi connectivity index (χ1n) is 3.80. The van der Waals surface area contributed by atoms with Crippen LogP contribution in [0.3, 0.4) is 0 Å². The molecule has 57 valence electrons. The summed E-state index contributed by atoms with van der Waals surface area (Å²) in [6.07, 6.45) is 7.53. The first-order chi connectivity index (χ1) is 5.31. The summed E-state index contributed by atoms with van der Waals surface area (Å²) in [5, 5.41) is 0. The number of hydrogen-bond donors (Lipinski definition) is 1. The first-order valence-corrected chi connectivity index (χ1v) is 3.80. The molecule has 1 heterocycles. The summed E-state index contributed by atoms with van der Waals surface area (Å²) in [7, 11) is 0. The van der Waals surface area contributed by atoms with E-state index in [-0.39, 0.29) is 5.54 Å². The van der Waals surface area contributed by atoms with Gasteiger partial charge >= 0.3 is 0 Å². The second kappa shape index (κ2) is 2.27. The van der Waals surface area contributed by atoms with Crippen molar-refractivity contribution in [3.63, 3.8) is 0 Å². The molecule has 2 rings (SSSR count). The SMILES string of the molecule is NC1(c2ccn[c]n2)CCC1. The molecule has 1 aromatic heterocycles. The third-order valence-corrected chi connectivity index (χ3v) is 2.29. The Bertz CT molecular complexity index is 241. The van der Waals surface area contributed by atoms with Gasteiger partial charge in [0, 0.05) is 6.20 Å². The summed E-state index contributed by atoms with van der Waals surface area (Å²) in [5.41, 5.74) is 6.78. The van der Waals surface area contributed by atoms with E-state index in [4.69, 9.17) is 5.73 Å². The maximum absolute atomic E-state index is 6.01. The fourth-order valence-corrected chi connectivity index (χ4v) is 1.35. The van der Waals surface area contributed by atoms with Crippen molar-refractivity contribution in [1.82, 2.24) is 9.97 Å². The molecule has 1 aromatic rings. The molecule has 11 heavy (non-hydrogen) atoms. The molecule has 3 nitrogen and oxygen atoms in total. The molecule has 1 radical (unpaired) electrons. The van der Waals surface area contributed by atoms with E-state index in [2.05, 4.69) is 16.3 Å². The predicted octanol–water partition coefficient (Wildman–Crippen LogP) is 0.615. The molecule has 0 atom stereocenters. The Kier molecular flexibility index (Phi) is 1.39. The van der Waals surface area contributed by atoms with Gasteiger partial charge in [0.1, 0.15) is 0 Å². The molecule has 0 aromatic carbocycles. The molecular weight excluding hydrogens is 138 g/mol. The number of hydrogen-bond acceptors (Lipinski definition) is 3. The smallest absolute Gasteiger partial charge is 0.198 e. The fraction of sp³-hybridized carbons (Fsp3) is 0.500. The second-order valence-corrected chi connectivity index (χ2v) is 3.05. The molecule has 0 unspecified atom stereocenters. The molecule has 1 saturated carbocycles. The maximum atomic E-state index is 6.01. The summed E-state index contributed by atoms with van der Waals surface area (Å²) >= 11 is 0. The lowest BCUT2D eigenvalue weighted by molar-refractivity contribution is 0.246. The first kappa shape index (κ1) is 6.73. The average Bonchev–Trinajstić information content (AvgIpc) is 2.02. The van der Waals surface area contributed by atoms with E-state index in [1.54, 1.807) is 6.20 Å². The third kappa shape index (κ3) is 1.01. The van der Waals surface area contributed by atoms with Gasteiger partial charge in [-0.05, 0) is 25.3 Å². The van der Waals surface area contributed by atoms with Crippen LogP contribution in [0.15, 0.2) is 12.3 Å². The summed E-state index contributed by atoms with van der Waals surface area (Å²) in [4.78, 5) is 7.74. The Labute approximate surface area is 65.7 Å². The lowest BCUT2D eigenvalue weighted by atomic mass is 9.75. The van der Waals surface area contributed by atoms with Gasteiger partial charge in [-0.2, -0.15) is 0 Å². The van der Waals surface area contributed by atoms with Gasteiger partial charge in [-0.3, -0.25) is 0 Å². The van der Waals surface area contributed by atoms with Crippen LogP contribution in [0.1, 0.15) is 25.0 Å². The summed E-state index contributed by atoms with van der Waals surface area (Å²) in [6.45, 7) is 0. The summed E-state index contributed by atoms with van der Waals surface area (Å²) in [6, 6.07) is 1.87. The fourth-order valence-electron chi connectivity index (χ4n) is 1.35. The van der Waals surface area contributed by atoms with Gasteiger partial charge in [0.25, 0.3) is 0 Å². The number of nitrogens with two attached hydrogens (primary N) is 1. The van der Waals surface area contributed by atoms with Crippen LogP contribution in [0.5, 0.6) is 0 Å². The van der Waals surface area contributed by atoms with Crippen molar-refractivity contribution in [2.75, 3.05) is 0 Å². The maximum Gasteiger partial charge on any atom is 0.198 e. The molecule has 0 saturated heterocycles. The Hall–Kier alpha value is -0.960. The standard InChI is InChI=1S/C8H10N3/c9-8(3-1-4-8)7-2-5-10-6-11-7/h2,5H,1,3-4,9H2. The zero-order valence-electron chi connectivity index (χ0n) is 6.25. The van der Waals surface area contributed by atoms with Crippen LogP contribution in [0.4, 0.5) is 0 Å². The van der Waals surface area contributed by atoms with E-state index >= 15 is 0 Å². The molecule has 1 aliphatic rings. The van der Waals surface area contributed by atoms with Crippen molar-refractivity contribution in [3.8, 4) is 0 Å². The number of nitrogens with zero attached hydrogens (tertiary/aromatic N) is 2. The van der Waals surface area contributed by atoms with Crippen LogP contribution >= 0.6 is 0 Å². The van der Waals surface area contributed by atoms with Gasteiger partial charge < -0.3 is 5.73 Å². The Balaban J connectivity index is 2.29. The van der Waals surface area contributed by atoms with Gasteiger partial charge in [0.15, 0.2) is 6.33 Å². The molecule has 0 bridgehead atoms. The van der Waals surface area contributed by atoms with Gasteiger partial charge in [-0.1, -0.05) is 0 Å². The topological polar surface area (TPSA) is 51.8 Å². The van der Waals surface area contributed by atoms with Crippen LogP contribution < -0.4 is 5.73 Å². The zero-order chi connectivity index (χ0) is 7.73. The highest BCUT2D eigenvalue weighted by atomic mass is 14.9. The molecule has 1 aliphatic carbocycles. The second-order valence-electron chi connectivity index (χ2n) is 3.05. The summed E-state index contributed by atoms with van der Waals surface area (Å²) < 4.78 is 0. The van der Waals surface area contributed by atoms with Crippen molar-refractivity contribution in [3.05, 3.63) is 24.3 Å². The molecule has 2 N–H and O–H groups in total. The van der Waals surface area contributed by atoms with Crippen LogP contribution in [0, 0.1) is 6.33 Å². The van der Waals surface area contributed by atoms with Crippen molar-refractivity contribution in [2.24, 2.45) is 5.73 Å². The molecule has 0 aliphatic heterocycles. The normalized spacial score (nSPS) is 20.8. The zero-order valence-corrected chi connectivity index (χ0v) is 6.25. The quantitative estimate of drug-likeness (QED) is 0.635. The average molecular weight is 148 g/mol. The van der Waals surface area contributed by atoms with E-state index < -0.39 is 0 Å². The highest BCUT2D eigenvalue weighted by Gasteiger charge is 2.35. The predicted molar refractivity (Wildman–Crippen MR) is 40.6 cm³/mol. The van der Waals surface area contributed by atoms with Crippen LogP contribution in [0.2, 0.25) is 0 Å². The van der Waals surface area contributed by atoms with Crippen LogP contribution in [0.25, 0.3) is 0 Å². The minimum absolute atomic E-state index is 0.167.